The Morgan fingerprint density at radius 3 is 2.33 bits per heavy atom. The van der Waals surface area contributed by atoms with Crippen molar-refractivity contribution in [3.63, 3.8) is 0 Å². The van der Waals surface area contributed by atoms with Gasteiger partial charge in [-0.15, -0.1) is 0 Å². The van der Waals surface area contributed by atoms with Gasteiger partial charge in [-0.05, 0) is 0 Å². The molecule has 0 unspecified atom stereocenters. The summed E-state index contributed by atoms with van der Waals surface area (Å²) in [5.74, 6) is -0.171. The third-order valence-corrected chi connectivity index (χ3v) is 1.95. The third kappa shape index (κ3) is 2.41. The van der Waals surface area contributed by atoms with Gasteiger partial charge in [0.15, 0.2) is 0 Å². The number of aromatic nitrogens is 2. The zero-order valence-corrected chi connectivity index (χ0v) is 9.47. The van der Waals surface area contributed by atoms with Gasteiger partial charge in [-0.25, -0.2) is 4.98 Å². The standard InChI is InChI=1S/C10H16FN3O/c1-10(2,3)8-7(11)9(15-4)14-6(5-12)13-8/h5,12H2,1-4H3. The molecule has 2 N–H and O–H groups in total. The summed E-state index contributed by atoms with van der Waals surface area (Å²) in [6, 6.07) is 0. The molecule has 0 radical (unpaired) electrons. The van der Waals surface area contributed by atoms with Crippen molar-refractivity contribution < 1.29 is 9.13 Å². The van der Waals surface area contributed by atoms with Gasteiger partial charge in [-0.3, -0.25) is 0 Å². The topological polar surface area (TPSA) is 61.0 Å². The first-order valence-electron chi connectivity index (χ1n) is 4.71. The molecule has 0 aliphatic heterocycles. The number of rotatable bonds is 2. The molecular weight excluding hydrogens is 197 g/mol. The molecule has 0 aliphatic rings. The molecule has 0 saturated heterocycles. The minimum Gasteiger partial charge on any atom is -0.479 e. The molecule has 1 heterocycles. The Morgan fingerprint density at radius 2 is 1.93 bits per heavy atom. The summed E-state index contributed by atoms with van der Waals surface area (Å²) in [6.45, 7) is 5.79. The molecule has 1 aromatic rings. The third-order valence-electron chi connectivity index (χ3n) is 1.95. The lowest BCUT2D eigenvalue weighted by molar-refractivity contribution is 0.353. The van der Waals surface area contributed by atoms with Crippen LogP contribution in [0.1, 0.15) is 32.3 Å². The van der Waals surface area contributed by atoms with E-state index in [0.29, 0.717) is 11.5 Å². The smallest absolute Gasteiger partial charge is 0.253 e. The monoisotopic (exact) mass is 213 g/mol. The molecule has 0 saturated carbocycles. The summed E-state index contributed by atoms with van der Waals surface area (Å²) >= 11 is 0. The highest BCUT2D eigenvalue weighted by Crippen LogP contribution is 2.27. The number of hydrogen-bond acceptors (Lipinski definition) is 4. The maximum atomic E-state index is 13.8. The molecule has 0 bridgehead atoms. The van der Waals surface area contributed by atoms with Crippen LogP contribution in [0.2, 0.25) is 0 Å². The predicted molar refractivity (Wildman–Crippen MR) is 55.1 cm³/mol. The molecule has 5 heteroatoms. The van der Waals surface area contributed by atoms with Crippen LogP contribution in [0, 0.1) is 5.82 Å². The van der Waals surface area contributed by atoms with Crippen LogP contribution >= 0.6 is 0 Å². The van der Waals surface area contributed by atoms with Crippen LogP contribution in [0.5, 0.6) is 5.88 Å². The number of nitrogens with zero attached hydrogens (tertiary/aromatic N) is 2. The fourth-order valence-corrected chi connectivity index (χ4v) is 1.19. The first kappa shape index (κ1) is 11.8. The van der Waals surface area contributed by atoms with Crippen LogP contribution in [0.15, 0.2) is 0 Å². The van der Waals surface area contributed by atoms with Crippen molar-refractivity contribution in [3.05, 3.63) is 17.3 Å². The summed E-state index contributed by atoms with van der Waals surface area (Å²) in [7, 11) is 1.37. The van der Waals surface area contributed by atoms with Crippen LogP contribution in [0.3, 0.4) is 0 Å². The summed E-state index contributed by atoms with van der Waals surface area (Å²) < 4.78 is 18.6. The first-order chi connectivity index (χ1) is 6.90. The van der Waals surface area contributed by atoms with Crippen LogP contribution in [0.4, 0.5) is 4.39 Å². The minimum absolute atomic E-state index is 0.0459. The normalized spacial score (nSPS) is 11.6. The molecule has 15 heavy (non-hydrogen) atoms. The van der Waals surface area contributed by atoms with E-state index in [4.69, 9.17) is 10.5 Å². The van der Waals surface area contributed by atoms with Crippen LogP contribution in [-0.4, -0.2) is 17.1 Å². The number of ether oxygens (including phenoxy) is 1. The van der Waals surface area contributed by atoms with E-state index < -0.39 is 11.2 Å². The molecule has 4 nitrogen and oxygen atoms in total. The SMILES string of the molecule is COc1nc(CN)nc(C(C)(C)C)c1F. The number of hydrogen-bond donors (Lipinski definition) is 1. The Bertz CT molecular complexity index is 360. The van der Waals surface area contributed by atoms with E-state index in [-0.39, 0.29) is 12.4 Å². The summed E-state index contributed by atoms with van der Waals surface area (Å²) in [6.07, 6.45) is 0. The molecule has 0 aromatic carbocycles. The highest BCUT2D eigenvalue weighted by molar-refractivity contribution is 5.24. The Kier molecular flexibility index (Phi) is 3.24. The van der Waals surface area contributed by atoms with Crippen LogP contribution < -0.4 is 10.5 Å². The Labute approximate surface area is 88.7 Å². The zero-order valence-electron chi connectivity index (χ0n) is 9.47. The molecule has 0 spiro atoms. The van der Waals surface area contributed by atoms with Crippen molar-refractivity contribution in [1.82, 2.24) is 9.97 Å². The fraction of sp³-hybridized carbons (Fsp3) is 0.600. The molecule has 1 rings (SSSR count). The second-order valence-electron chi connectivity index (χ2n) is 4.27. The second-order valence-corrected chi connectivity index (χ2v) is 4.27. The molecule has 0 aliphatic carbocycles. The van der Waals surface area contributed by atoms with Gasteiger partial charge in [0.1, 0.15) is 5.82 Å². The predicted octanol–water partition coefficient (Wildman–Crippen LogP) is 1.38. The molecule has 0 fully saturated rings. The quantitative estimate of drug-likeness (QED) is 0.806. The van der Waals surface area contributed by atoms with E-state index >= 15 is 0 Å². The van der Waals surface area contributed by atoms with Crippen molar-refractivity contribution in [2.24, 2.45) is 5.73 Å². The van der Waals surface area contributed by atoms with E-state index in [0.717, 1.165) is 0 Å². The second kappa shape index (κ2) is 4.10. The van der Waals surface area contributed by atoms with Crippen molar-refractivity contribution in [2.75, 3.05) is 7.11 Å². The van der Waals surface area contributed by atoms with E-state index in [1.165, 1.54) is 7.11 Å². The Balaban J connectivity index is 3.37. The van der Waals surface area contributed by atoms with Gasteiger partial charge < -0.3 is 10.5 Å². The van der Waals surface area contributed by atoms with Crippen LogP contribution in [-0.2, 0) is 12.0 Å². The Hall–Kier alpha value is -1.23. The largest absolute Gasteiger partial charge is 0.479 e. The summed E-state index contributed by atoms with van der Waals surface area (Å²) in [5.41, 5.74) is 5.36. The molecule has 1 aromatic heterocycles. The minimum atomic E-state index is -0.512. The maximum absolute atomic E-state index is 13.8. The van der Waals surface area contributed by atoms with Crippen LogP contribution in [0.25, 0.3) is 0 Å². The average molecular weight is 213 g/mol. The number of nitrogens with two attached hydrogens (primary N) is 1. The lowest BCUT2D eigenvalue weighted by Gasteiger charge is -2.19. The van der Waals surface area contributed by atoms with Gasteiger partial charge in [0, 0.05) is 5.41 Å². The summed E-state index contributed by atoms with van der Waals surface area (Å²) in [5, 5.41) is 0. The Morgan fingerprint density at radius 1 is 1.33 bits per heavy atom. The average Bonchev–Trinajstić information content (AvgIpc) is 2.16. The molecule has 0 atom stereocenters. The van der Waals surface area contributed by atoms with Crippen molar-refractivity contribution in [2.45, 2.75) is 32.7 Å². The molecular formula is C10H16FN3O. The van der Waals surface area contributed by atoms with Crippen molar-refractivity contribution in [1.29, 1.82) is 0 Å². The van der Waals surface area contributed by atoms with E-state index in [9.17, 15) is 4.39 Å². The fourth-order valence-electron chi connectivity index (χ4n) is 1.19. The maximum Gasteiger partial charge on any atom is 0.253 e. The van der Waals surface area contributed by atoms with E-state index in [1.807, 2.05) is 20.8 Å². The van der Waals surface area contributed by atoms with Gasteiger partial charge in [-0.1, -0.05) is 20.8 Å². The number of halogens is 1. The number of methoxy groups -OCH3 is 1. The van der Waals surface area contributed by atoms with E-state index in [1.54, 1.807) is 0 Å². The first-order valence-corrected chi connectivity index (χ1v) is 4.71. The molecule has 0 amide bonds. The van der Waals surface area contributed by atoms with Gasteiger partial charge in [-0.2, -0.15) is 9.37 Å². The highest BCUT2D eigenvalue weighted by Gasteiger charge is 2.24. The molecule has 84 valence electrons. The lowest BCUT2D eigenvalue weighted by atomic mass is 9.91. The highest BCUT2D eigenvalue weighted by atomic mass is 19.1. The van der Waals surface area contributed by atoms with E-state index in [2.05, 4.69) is 9.97 Å². The zero-order chi connectivity index (χ0) is 11.6. The van der Waals surface area contributed by atoms with Gasteiger partial charge in [0.2, 0.25) is 5.82 Å². The van der Waals surface area contributed by atoms with Gasteiger partial charge in [0.05, 0.1) is 19.3 Å². The van der Waals surface area contributed by atoms with Gasteiger partial charge >= 0.3 is 0 Å². The van der Waals surface area contributed by atoms with Crippen molar-refractivity contribution in [3.8, 4) is 5.88 Å². The summed E-state index contributed by atoms with van der Waals surface area (Å²) in [4.78, 5) is 7.93. The van der Waals surface area contributed by atoms with Crippen molar-refractivity contribution >= 4 is 0 Å². The lowest BCUT2D eigenvalue weighted by Crippen LogP contribution is -2.20. The van der Waals surface area contributed by atoms with Gasteiger partial charge in [0.25, 0.3) is 5.88 Å².